The van der Waals surface area contributed by atoms with Crippen LogP contribution in [0.5, 0.6) is 0 Å². The van der Waals surface area contributed by atoms with Crippen LogP contribution in [0, 0.1) is 6.92 Å². The Bertz CT molecular complexity index is 1090. The fourth-order valence-electron chi connectivity index (χ4n) is 2.91. The Kier molecular flexibility index (Phi) is 4.24. The van der Waals surface area contributed by atoms with Gasteiger partial charge in [-0.1, -0.05) is 48.1 Å². The maximum Gasteiger partial charge on any atom is 0.251 e. The Morgan fingerprint density at radius 2 is 2.00 bits per heavy atom. The van der Waals surface area contributed by atoms with Crippen molar-refractivity contribution in [3.05, 3.63) is 59.8 Å². The van der Waals surface area contributed by atoms with Gasteiger partial charge in [-0.2, -0.15) is 0 Å². The van der Waals surface area contributed by atoms with Gasteiger partial charge in [-0.3, -0.25) is 9.20 Å². The molecule has 2 aromatic carbocycles. The number of rotatable bonds is 4. The van der Waals surface area contributed by atoms with E-state index in [2.05, 4.69) is 54.0 Å². The Morgan fingerprint density at radius 3 is 2.73 bits per heavy atom. The third-order valence-electron chi connectivity index (χ3n) is 4.69. The molecule has 0 unspecified atom stereocenters. The third-order valence-corrected chi connectivity index (χ3v) is 5.71. The molecule has 5 heteroatoms. The minimum atomic E-state index is -0.0207. The quantitative estimate of drug-likeness (QED) is 0.551. The van der Waals surface area contributed by atoms with Crippen LogP contribution < -0.4 is 5.32 Å². The summed E-state index contributed by atoms with van der Waals surface area (Å²) in [5.41, 5.74) is 5.10. The number of imidazole rings is 1. The summed E-state index contributed by atoms with van der Waals surface area (Å²) in [6.07, 6.45) is 2.99. The normalized spacial score (nSPS) is 12.6. The molecular weight excluding hydrogens is 342 g/mol. The first kappa shape index (κ1) is 16.8. The highest BCUT2D eigenvalue weighted by Gasteiger charge is 2.13. The topological polar surface area (TPSA) is 46.4 Å². The first-order chi connectivity index (χ1) is 12.5. The number of amides is 1. The van der Waals surface area contributed by atoms with E-state index in [-0.39, 0.29) is 11.9 Å². The first-order valence-corrected chi connectivity index (χ1v) is 9.66. The molecule has 1 atom stereocenters. The van der Waals surface area contributed by atoms with Crippen LogP contribution >= 0.6 is 11.3 Å². The Hall–Kier alpha value is -2.66. The van der Waals surface area contributed by atoms with Crippen LogP contribution in [-0.4, -0.2) is 21.3 Å². The number of fused-ring (bicyclic) bond motifs is 3. The molecule has 4 rings (SSSR count). The molecule has 0 spiro atoms. The maximum absolute atomic E-state index is 12.3. The molecule has 132 valence electrons. The van der Waals surface area contributed by atoms with Crippen LogP contribution in [0.2, 0.25) is 0 Å². The van der Waals surface area contributed by atoms with Crippen molar-refractivity contribution < 1.29 is 4.79 Å². The molecule has 0 saturated carbocycles. The van der Waals surface area contributed by atoms with E-state index in [0.717, 1.165) is 32.9 Å². The minimum absolute atomic E-state index is 0.0207. The monoisotopic (exact) mass is 363 g/mol. The molecule has 0 aliphatic heterocycles. The number of thiazole rings is 1. The zero-order valence-corrected chi connectivity index (χ0v) is 15.9. The van der Waals surface area contributed by atoms with E-state index >= 15 is 0 Å². The summed E-state index contributed by atoms with van der Waals surface area (Å²) >= 11 is 1.61. The molecule has 1 N–H and O–H groups in total. The summed E-state index contributed by atoms with van der Waals surface area (Å²) in [5, 5.41) is 3.02. The largest absolute Gasteiger partial charge is 0.350 e. The molecule has 4 nitrogen and oxygen atoms in total. The lowest BCUT2D eigenvalue weighted by Gasteiger charge is -2.11. The summed E-state index contributed by atoms with van der Waals surface area (Å²) in [5.74, 6) is -0.0207. The molecular formula is C21H21N3OS. The van der Waals surface area contributed by atoms with E-state index in [4.69, 9.17) is 4.98 Å². The predicted octanol–water partition coefficient (Wildman–Crippen LogP) is 5.05. The van der Waals surface area contributed by atoms with Gasteiger partial charge in [-0.15, -0.1) is 0 Å². The van der Waals surface area contributed by atoms with Gasteiger partial charge in [-0.25, -0.2) is 4.98 Å². The van der Waals surface area contributed by atoms with Crippen molar-refractivity contribution >= 4 is 32.4 Å². The molecule has 0 aliphatic carbocycles. The summed E-state index contributed by atoms with van der Waals surface area (Å²) in [7, 11) is 0. The molecule has 0 radical (unpaired) electrons. The molecule has 0 saturated heterocycles. The lowest BCUT2D eigenvalue weighted by atomic mass is 10.1. The molecule has 1 amide bonds. The molecule has 0 aliphatic rings. The number of benzene rings is 2. The smallest absolute Gasteiger partial charge is 0.251 e. The zero-order valence-electron chi connectivity index (χ0n) is 15.1. The zero-order chi connectivity index (χ0) is 18.3. The summed E-state index contributed by atoms with van der Waals surface area (Å²) < 4.78 is 3.17. The second-order valence-corrected chi connectivity index (χ2v) is 7.72. The SMILES string of the molecule is CC[C@H](C)NC(=O)c1ccc2c(c1)sc1nc(-c3ccc(C)cc3)cn12. The van der Waals surface area contributed by atoms with E-state index in [1.54, 1.807) is 11.3 Å². The van der Waals surface area contributed by atoms with Gasteiger partial charge in [0, 0.05) is 23.4 Å². The van der Waals surface area contributed by atoms with Gasteiger partial charge in [-0.05, 0) is 38.5 Å². The highest BCUT2D eigenvalue weighted by molar-refractivity contribution is 7.23. The molecule has 26 heavy (non-hydrogen) atoms. The average molecular weight is 363 g/mol. The van der Waals surface area contributed by atoms with Gasteiger partial charge in [0.25, 0.3) is 5.91 Å². The van der Waals surface area contributed by atoms with Crippen LogP contribution in [0.4, 0.5) is 0 Å². The van der Waals surface area contributed by atoms with Crippen LogP contribution in [0.15, 0.2) is 48.7 Å². The fraction of sp³-hybridized carbons (Fsp3) is 0.238. The van der Waals surface area contributed by atoms with E-state index < -0.39 is 0 Å². The number of nitrogens with zero attached hydrogens (tertiary/aromatic N) is 2. The van der Waals surface area contributed by atoms with E-state index in [0.29, 0.717) is 5.56 Å². The maximum atomic E-state index is 12.3. The summed E-state index contributed by atoms with van der Waals surface area (Å²) in [6, 6.07) is 14.4. The average Bonchev–Trinajstić information content (AvgIpc) is 3.19. The number of nitrogens with one attached hydrogen (secondary N) is 1. The molecule has 2 heterocycles. The summed E-state index contributed by atoms with van der Waals surface area (Å²) in [4.78, 5) is 18.1. The van der Waals surface area contributed by atoms with E-state index in [1.165, 1.54) is 5.56 Å². The van der Waals surface area contributed by atoms with Crippen LogP contribution in [0.3, 0.4) is 0 Å². The van der Waals surface area contributed by atoms with Gasteiger partial charge >= 0.3 is 0 Å². The van der Waals surface area contributed by atoms with Crippen LogP contribution in [0.25, 0.3) is 26.4 Å². The molecule has 2 aromatic heterocycles. The predicted molar refractivity (Wildman–Crippen MR) is 108 cm³/mol. The van der Waals surface area contributed by atoms with Crippen molar-refractivity contribution in [1.82, 2.24) is 14.7 Å². The van der Waals surface area contributed by atoms with Crippen molar-refractivity contribution in [3.63, 3.8) is 0 Å². The van der Waals surface area contributed by atoms with Gasteiger partial charge in [0.05, 0.1) is 15.9 Å². The fourth-order valence-corrected chi connectivity index (χ4v) is 3.96. The number of carbonyl (C=O) groups excluding carboxylic acids is 1. The van der Waals surface area contributed by atoms with Gasteiger partial charge in [0.2, 0.25) is 0 Å². The van der Waals surface area contributed by atoms with Crippen molar-refractivity contribution in [2.45, 2.75) is 33.2 Å². The Labute approximate surface area is 156 Å². The third kappa shape index (κ3) is 2.99. The van der Waals surface area contributed by atoms with Gasteiger partial charge in [0.15, 0.2) is 4.96 Å². The standard InChI is InChI=1S/C21H21N3OS/c1-4-14(3)22-20(25)16-9-10-18-19(11-16)26-21-23-17(12-24(18)21)15-7-5-13(2)6-8-15/h5-12,14H,4H2,1-3H3,(H,22,25)/t14-/m0/s1. The van der Waals surface area contributed by atoms with Crippen LogP contribution in [0.1, 0.15) is 36.2 Å². The second-order valence-electron chi connectivity index (χ2n) is 6.71. The Balaban J connectivity index is 1.70. The van der Waals surface area contributed by atoms with Crippen molar-refractivity contribution in [1.29, 1.82) is 0 Å². The Morgan fingerprint density at radius 1 is 1.23 bits per heavy atom. The molecule has 4 aromatic rings. The van der Waals surface area contributed by atoms with Gasteiger partial charge in [0.1, 0.15) is 0 Å². The molecule has 0 fully saturated rings. The number of hydrogen-bond acceptors (Lipinski definition) is 3. The first-order valence-electron chi connectivity index (χ1n) is 8.84. The molecule has 0 bridgehead atoms. The highest BCUT2D eigenvalue weighted by Crippen LogP contribution is 2.30. The lowest BCUT2D eigenvalue weighted by molar-refractivity contribution is 0.0939. The van der Waals surface area contributed by atoms with Crippen molar-refractivity contribution in [3.8, 4) is 11.3 Å². The van der Waals surface area contributed by atoms with Crippen molar-refractivity contribution in [2.24, 2.45) is 0 Å². The summed E-state index contributed by atoms with van der Waals surface area (Å²) in [6.45, 7) is 6.16. The number of aryl methyl sites for hydroxylation is 1. The second kappa shape index (κ2) is 6.57. The number of hydrogen-bond donors (Lipinski definition) is 1. The van der Waals surface area contributed by atoms with Crippen LogP contribution in [-0.2, 0) is 0 Å². The lowest BCUT2D eigenvalue weighted by Crippen LogP contribution is -2.31. The number of carbonyl (C=O) groups is 1. The van der Waals surface area contributed by atoms with E-state index in [9.17, 15) is 4.79 Å². The van der Waals surface area contributed by atoms with Crippen molar-refractivity contribution in [2.75, 3.05) is 0 Å². The van der Waals surface area contributed by atoms with E-state index in [1.807, 2.05) is 25.1 Å². The van der Waals surface area contributed by atoms with Gasteiger partial charge < -0.3 is 5.32 Å². The number of aromatic nitrogens is 2. The highest BCUT2D eigenvalue weighted by atomic mass is 32.1. The minimum Gasteiger partial charge on any atom is -0.350 e.